The van der Waals surface area contributed by atoms with Crippen molar-refractivity contribution >= 4 is 12.0 Å². The minimum atomic E-state index is -1.09. The maximum Gasteiger partial charge on any atom is 0.330 e. The van der Waals surface area contributed by atoms with Gasteiger partial charge in [-0.05, 0) is 25.3 Å². The predicted molar refractivity (Wildman–Crippen MR) is 76.9 cm³/mol. The second-order valence-corrected chi connectivity index (χ2v) is 5.20. The highest BCUT2D eigenvalue weighted by atomic mass is 16.5. The highest BCUT2D eigenvalue weighted by Crippen LogP contribution is 2.15. The van der Waals surface area contributed by atoms with Crippen molar-refractivity contribution in [2.45, 2.75) is 38.0 Å². The number of hydrogen-bond acceptors (Lipinski definition) is 3. The van der Waals surface area contributed by atoms with E-state index in [1.165, 1.54) is 0 Å². The summed E-state index contributed by atoms with van der Waals surface area (Å²) >= 11 is 0. The summed E-state index contributed by atoms with van der Waals surface area (Å²) in [7, 11) is 0. The molecule has 1 aromatic carbocycles. The van der Waals surface area contributed by atoms with Crippen molar-refractivity contribution in [1.29, 1.82) is 0 Å². The zero-order valence-electron chi connectivity index (χ0n) is 11.9. The molecule has 1 fully saturated rings. The Bertz CT molecular complexity index is 492. The molecule has 0 saturated carbocycles. The van der Waals surface area contributed by atoms with Crippen LogP contribution in [0.25, 0.3) is 0 Å². The van der Waals surface area contributed by atoms with Crippen LogP contribution in [-0.4, -0.2) is 35.9 Å². The molecule has 3 atom stereocenters. The average molecular weight is 292 g/mol. The lowest BCUT2D eigenvalue weighted by molar-refractivity contribution is -0.139. The Hall–Kier alpha value is -2.08. The first-order valence-electron chi connectivity index (χ1n) is 7.02. The van der Waals surface area contributed by atoms with E-state index in [9.17, 15) is 14.7 Å². The third-order valence-corrected chi connectivity index (χ3v) is 3.48. The summed E-state index contributed by atoms with van der Waals surface area (Å²) in [4.78, 5) is 23.3. The summed E-state index contributed by atoms with van der Waals surface area (Å²) in [5, 5.41) is 14.6. The van der Waals surface area contributed by atoms with E-state index in [-0.39, 0.29) is 12.1 Å². The highest BCUT2D eigenvalue weighted by Gasteiger charge is 2.25. The van der Waals surface area contributed by atoms with E-state index in [0.29, 0.717) is 12.2 Å². The topological polar surface area (TPSA) is 87.7 Å². The Labute approximate surface area is 123 Å². The molecule has 0 aromatic heterocycles. The lowest BCUT2D eigenvalue weighted by Gasteiger charge is -2.28. The van der Waals surface area contributed by atoms with Gasteiger partial charge in [0.25, 0.3) is 0 Å². The molecule has 0 aliphatic carbocycles. The number of urea groups is 1. The Kier molecular flexibility index (Phi) is 5.16. The molecule has 1 aromatic rings. The van der Waals surface area contributed by atoms with Crippen LogP contribution in [0.5, 0.6) is 0 Å². The molecule has 0 spiro atoms. The smallest absolute Gasteiger partial charge is 0.330 e. The van der Waals surface area contributed by atoms with Crippen LogP contribution in [-0.2, 0) is 9.53 Å². The monoisotopic (exact) mass is 292 g/mol. The van der Waals surface area contributed by atoms with Gasteiger partial charge in [-0.3, -0.25) is 0 Å². The summed E-state index contributed by atoms with van der Waals surface area (Å²) in [6.07, 6.45) is 1.57. The van der Waals surface area contributed by atoms with Crippen LogP contribution >= 0.6 is 0 Å². The van der Waals surface area contributed by atoms with Gasteiger partial charge in [0.15, 0.2) is 6.04 Å². The molecule has 21 heavy (non-hydrogen) atoms. The number of nitrogens with one attached hydrogen (secondary N) is 2. The molecule has 2 rings (SSSR count). The molecule has 1 aliphatic rings. The van der Waals surface area contributed by atoms with E-state index >= 15 is 0 Å². The molecule has 1 saturated heterocycles. The third kappa shape index (κ3) is 4.46. The van der Waals surface area contributed by atoms with E-state index in [4.69, 9.17) is 4.74 Å². The first-order chi connectivity index (χ1) is 10.1. The van der Waals surface area contributed by atoms with Gasteiger partial charge < -0.3 is 20.5 Å². The summed E-state index contributed by atoms with van der Waals surface area (Å²) in [5.41, 5.74) is 0.542. The number of carbonyl (C=O) groups excluding carboxylic acids is 1. The highest BCUT2D eigenvalue weighted by molar-refractivity contribution is 5.83. The molecular weight excluding hydrogens is 272 g/mol. The van der Waals surface area contributed by atoms with E-state index in [2.05, 4.69) is 10.6 Å². The molecule has 0 bridgehead atoms. The number of rotatable bonds is 4. The molecule has 1 heterocycles. The second-order valence-electron chi connectivity index (χ2n) is 5.20. The number of amides is 2. The normalized spacial score (nSPS) is 23.1. The zero-order chi connectivity index (χ0) is 15.2. The predicted octanol–water partition coefficient (Wildman–Crippen LogP) is 1.68. The molecule has 6 heteroatoms. The van der Waals surface area contributed by atoms with Crippen LogP contribution in [0.4, 0.5) is 4.79 Å². The van der Waals surface area contributed by atoms with Crippen molar-refractivity contribution in [3.63, 3.8) is 0 Å². The Morgan fingerprint density at radius 1 is 1.33 bits per heavy atom. The van der Waals surface area contributed by atoms with Gasteiger partial charge in [-0.1, -0.05) is 30.3 Å². The van der Waals surface area contributed by atoms with Gasteiger partial charge in [-0.2, -0.15) is 0 Å². The summed E-state index contributed by atoms with van der Waals surface area (Å²) in [5.74, 6) is -1.09. The lowest BCUT2D eigenvalue weighted by Crippen LogP contribution is -2.48. The largest absolute Gasteiger partial charge is 0.479 e. The molecular formula is C15H20N2O4. The number of ether oxygens (including phenoxy) is 1. The molecule has 6 nitrogen and oxygen atoms in total. The van der Waals surface area contributed by atoms with Gasteiger partial charge in [0, 0.05) is 12.6 Å². The van der Waals surface area contributed by atoms with Crippen LogP contribution in [0.1, 0.15) is 31.4 Å². The summed E-state index contributed by atoms with van der Waals surface area (Å²) in [6.45, 7) is 2.56. The maximum atomic E-state index is 12.0. The minimum absolute atomic E-state index is 0.0129. The quantitative estimate of drug-likeness (QED) is 0.788. The fourth-order valence-corrected chi connectivity index (χ4v) is 2.42. The first kappa shape index (κ1) is 15.3. The molecule has 3 unspecified atom stereocenters. The molecule has 2 amide bonds. The van der Waals surface area contributed by atoms with Gasteiger partial charge in [0.2, 0.25) is 0 Å². The van der Waals surface area contributed by atoms with Crippen molar-refractivity contribution in [2.24, 2.45) is 0 Å². The van der Waals surface area contributed by atoms with Crippen molar-refractivity contribution in [2.75, 3.05) is 6.61 Å². The van der Waals surface area contributed by atoms with Crippen LogP contribution in [0.3, 0.4) is 0 Å². The van der Waals surface area contributed by atoms with Crippen LogP contribution in [0.2, 0.25) is 0 Å². The van der Waals surface area contributed by atoms with E-state index < -0.39 is 18.0 Å². The van der Waals surface area contributed by atoms with Crippen molar-refractivity contribution in [3.8, 4) is 0 Å². The second kappa shape index (κ2) is 7.08. The fourth-order valence-electron chi connectivity index (χ4n) is 2.42. The number of carbonyl (C=O) groups is 2. The Balaban J connectivity index is 1.94. The average Bonchev–Trinajstić information content (AvgIpc) is 2.45. The van der Waals surface area contributed by atoms with Gasteiger partial charge in [0.1, 0.15) is 0 Å². The Morgan fingerprint density at radius 2 is 2.05 bits per heavy atom. The SMILES string of the molecule is CC1CC(NC(=O)NC(C(=O)O)c2ccccc2)CCO1. The minimum Gasteiger partial charge on any atom is -0.479 e. The van der Waals surface area contributed by atoms with Crippen molar-refractivity contribution in [1.82, 2.24) is 10.6 Å². The van der Waals surface area contributed by atoms with E-state index in [1.54, 1.807) is 30.3 Å². The number of carboxylic acid groups (broad SMARTS) is 1. The Morgan fingerprint density at radius 3 is 2.67 bits per heavy atom. The van der Waals surface area contributed by atoms with Crippen molar-refractivity contribution in [3.05, 3.63) is 35.9 Å². The van der Waals surface area contributed by atoms with Gasteiger partial charge in [-0.25, -0.2) is 9.59 Å². The van der Waals surface area contributed by atoms with Crippen LogP contribution in [0, 0.1) is 0 Å². The maximum absolute atomic E-state index is 12.0. The molecule has 1 aliphatic heterocycles. The number of benzene rings is 1. The zero-order valence-corrected chi connectivity index (χ0v) is 11.9. The lowest BCUT2D eigenvalue weighted by atomic mass is 10.0. The van der Waals surface area contributed by atoms with Crippen LogP contribution < -0.4 is 10.6 Å². The van der Waals surface area contributed by atoms with E-state index in [1.807, 2.05) is 6.92 Å². The van der Waals surface area contributed by atoms with Crippen LogP contribution in [0.15, 0.2) is 30.3 Å². The standard InChI is InChI=1S/C15H20N2O4/c1-10-9-12(7-8-21-10)16-15(20)17-13(14(18)19)11-5-3-2-4-6-11/h2-6,10,12-13H,7-9H2,1H3,(H,18,19)(H2,16,17,20). The van der Waals surface area contributed by atoms with Gasteiger partial charge in [-0.15, -0.1) is 0 Å². The first-order valence-corrected chi connectivity index (χ1v) is 7.02. The molecule has 3 N–H and O–H groups in total. The summed E-state index contributed by atoms with van der Waals surface area (Å²) < 4.78 is 5.41. The number of aliphatic carboxylic acids is 1. The molecule has 114 valence electrons. The van der Waals surface area contributed by atoms with E-state index in [0.717, 1.165) is 12.8 Å². The van der Waals surface area contributed by atoms with Gasteiger partial charge in [0.05, 0.1) is 6.10 Å². The van der Waals surface area contributed by atoms with Crippen molar-refractivity contribution < 1.29 is 19.4 Å². The fraction of sp³-hybridized carbons (Fsp3) is 0.467. The van der Waals surface area contributed by atoms with Gasteiger partial charge >= 0.3 is 12.0 Å². The number of carboxylic acids is 1. The summed E-state index contributed by atoms with van der Waals surface area (Å²) in [6, 6.07) is 7.13. The molecule has 0 radical (unpaired) electrons. The third-order valence-electron chi connectivity index (χ3n) is 3.48. The number of hydrogen-bond donors (Lipinski definition) is 3.